The number of carbonyl (C=O) groups excluding carboxylic acids is 1. The normalized spacial score (nSPS) is 10.3. The van der Waals surface area contributed by atoms with Gasteiger partial charge in [0.25, 0.3) is 0 Å². The molecule has 2 nitrogen and oxygen atoms in total. The van der Waals surface area contributed by atoms with E-state index in [0.717, 1.165) is 12.1 Å². The van der Waals surface area contributed by atoms with E-state index in [1.54, 1.807) is 6.92 Å². The number of aryl methyl sites for hydroxylation is 1. The van der Waals surface area contributed by atoms with Crippen LogP contribution in [-0.4, -0.2) is 5.78 Å². The molecule has 0 radical (unpaired) electrons. The maximum absolute atomic E-state index is 11.2. The standard InChI is InChI=1S/C19H32NO.BrH/c1-3-4-5-6-7-8-9-10-11-12-15-20-16-13-19(14-17-20)18(2)21;/h13-14,16-17H,3-12,15H2,1-2H3;1H/q+1;/p-1. The second-order valence-corrected chi connectivity index (χ2v) is 6.06. The molecule has 0 fully saturated rings. The molecule has 1 heterocycles. The van der Waals surface area contributed by atoms with Gasteiger partial charge in [-0.25, -0.2) is 4.57 Å². The molecular formula is C19H32BrNO. The van der Waals surface area contributed by atoms with Crippen LogP contribution in [-0.2, 0) is 6.54 Å². The van der Waals surface area contributed by atoms with Gasteiger partial charge in [-0.1, -0.05) is 58.3 Å². The Kier molecular flexibility index (Phi) is 13.5. The highest BCUT2D eigenvalue weighted by Crippen LogP contribution is 2.10. The Morgan fingerprint density at radius 1 is 0.864 bits per heavy atom. The van der Waals surface area contributed by atoms with Crippen LogP contribution >= 0.6 is 0 Å². The predicted molar refractivity (Wildman–Crippen MR) is 88.5 cm³/mol. The molecule has 1 rings (SSSR count). The van der Waals surface area contributed by atoms with Crippen molar-refractivity contribution in [2.75, 3.05) is 0 Å². The van der Waals surface area contributed by atoms with Gasteiger partial charge in [-0.15, -0.1) is 0 Å². The van der Waals surface area contributed by atoms with Gasteiger partial charge in [-0.3, -0.25) is 4.79 Å². The third-order valence-electron chi connectivity index (χ3n) is 4.07. The molecule has 0 atom stereocenters. The van der Waals surface area contributed by atoms with E-state index in [9.17, 15) is 4.79 Å². The summed E-state index contributed by atoms with van der Waals surface area (Å²) in [5, 5.41) is 0. The highest BCUT2D eigenvalue weighted by molar-refractivity contribution is 5.93. The first-order valence-electron chi connectivity index (χ1n) is 8.74. The van der Waals surface area contributed by atoms with Crippen LogP contribution in [0.1, 0.15) is 88.4 Å². The van der Waals surface area contributed by atoms with E-state index in [4.69, 9.17) is 0 Å². The summed E-state index contributed by atoms with van der Waals surface area (Å²) in [7, 11) is 0. The average Bonchev–Trinajstić information content (AvgIpc) is 2.49. The molecule has 3 heteroatoms. The lowest BCUT2D eigenvalue weighted by molar-refractivity contribution is -0.697. The van der Waals surface area contributed by atoms with Gasteiger partial charge in [0.2, 0.25) is 0 Å². The summed E-state index contributed by atoms with van der Waals surface area (Å²) < 4.78 is 2.18. The van der Waals surface area contributed by atoms with E-state index in [1.165, 1.54) is 64.2 Å². The molecule has 22 heavy (non-hydrogen) atoms. The Hall–Kier alpha value is -0.700. The third kappa shape index (κ3) is 10.1. The maximum Gasteiger partial charge on any atom is 0.169 e. The second-order valence-electron chi connectivity index (χ2n) is 6.06. The van der Waals surface area contributed by atoms with Crippen LogP contribution in [0.4, 0.5) is 0 Å². The van der Waals surface area contributed by atoms with Gasteiger partial charge in [-0.05, 0) is 13.3 Å². The van der Waals surface area contributed by atoms with E-state index in [2.05, 4.69) is 11.5 Å². The zero-order valence-corrected chi connectivity index (χ0v) is 15.9. The monoisotopic (exact) mass is 369 g/mol. The van der Waals surface area contributed by atoms with E-state index in [1.807, 2.05) is 24.5 Å². The molecule has 0 N–H and O–H groups in total. The lowest BCUT2D eigenvalue weighted by Gasteiger charge is -2.01. The molecule has 1 aromatic rings. The Labute approximate surface area is 147 Å². The minimum atomic E-state index is 0. The summed E-state index contributed by atoms with van der Waals surface area (Å²) in [6.45, 7) is 4.95. The molecule has 0 saturated carbocycles. The summed E-state index contributed by atoms with van der Waals surface area (Å²) in [5.74, 6) is 0.140. The van der Waals surface area contributed by atoms with Gasteiger partial charge in [0.15, 0.2) is 18.2 Å². The molecule has 0 bridgehead atoms. The van der Waals surface area contributed by atoms with Gasteiger partial charge >= 0.3 is 0 Å². The maximum atomic E-state index is 11.2. The van der Waals surface area contributed by atoms with Crippen LogP contribution in [0.15, 0.2) is 24.5 Å². The van der Waals surface area contributed by atoms with Crippen LogP contribution in [0.3, 0.4) is 0 Å². The van der Waals surface area contributed by atoms with Crippen molar-refractivity contribution in [3.05, 3.63) is 30.1 Å². The summed E-state index contributed by atoms with van der Waals surface area (Å²) in [5.41, 5.74) is 0.800. The smallest absolute Gasteiger partial charge is 0.169 e. The van der Waals surface area contributed by atoms with Crippen LogP contribution in [0.25, 0.3) is 0 Å². The van der Waals surface area contributed by atoms with Crippen LogP contribution in [0.5, 0.6) is 0 Å². The highest BCUT2D eigenvalue weighted by atomic mass is 79.9. The number of pyridine rings is 1. The topological polar surface area (TPSA) is 20.9 Å². The predicted octanol–water partition coefficient (Wildman–Crippen LogP) is 2.10. The second kappa shape index (κ2) is 13.9. The van der Waals surface area contributed by atoms with Gasteiger partial charge in [0.1, 0.15) is 6.54 Å². The molecule has 0 unspecified atom stereocenters. The molecule has 0 aliphatic rings. The van der Waals surface area contributed by atoms with Crippen LogP contribution in [0, 0.1) is 0 Å². The van der Waals surface area contributed by atoms with E-state index >= 15 is 0 Å². The van der Waals surface area contributed by atoms with Crippen molar-refractivity contribution in [1.29, 1.82) is 0 Å². The molecule has 1 aromatic heterocycles. The van der Waals surface area contributed by atoms with Crippen molar-refractivity contribution in [1.82, 2.24) is 0 Å². The molecule has 0 amide bonds. The number of Topliss-reactive ketones (excluding diaryl/α,β-unsaturated/α-hetero) is 1. The molecule has 0 aliphatic heterocycles. The molecule has 0 spiro atoms. The third-order valence-corrected chi connectivity index (χ3v) is 4.07. The molecule has 0 aliphatic carbocycles. The molecule has 126 valence electrons. The number of hydrogen-bond donors (Lipinski definition) is 0. The van der Waals surface area contributed by atoms with Gasteiger partial charge < -0.3 is 17.0 Å². The van der Waals surface area contributed by atoms with Crippen molar-refractivity contribution in [2.24, 2.45) is 0 Å². The van der Waals surface area contributed by atoms with E-state index in [0.29, 0.717) is 0 Å². The number of halogens is 1. The Morgan fingerprint density at radius 3 is 1.77 bits per heavy atom. The quantitative estimate of drug-likeness (QED) is 0.314. The summed E-state index contributed by atoms with van der Waals surface area (Å²) in [4.78, 5) is 11.2. The molecule has 0 aromatic carbocycles. The number of carbonyl (C=O) groups is 1. The largest absolute Gasteiger partial charge is 1.00 e. The minimum absolute atomic E-state index is 0. The van der Waals surface area contributed by atoms with Crippen molar-refractivity contribution < 1.29 is 26.3 Å². The number of rotatable bonds is 12. The van der Waals surface area contributed by atoms with Crippen molar-refractivity contribution in [3.63, 3.8) is 0 Å². The zero-order chi connectivity index (χ0) is 15.3. The van der Waals surface area contributed by atoms with Gasteiger partial charge in [0, 0.05) is 24.1 Å². The number of hydrogen-bond acceptors (Lipinski definition) is 1. The Balaban J connectivity index is 0.00000441. The molecular weight excluding hydrogens is 338 g/mol. The molecule has 0 saturated heterocycles. The summed E-state index contributed by atoms with van der Waals surface area (Å²) >= 11 is 0. The lowest BCUT2D eigenvalue weighted by Crippen LogP contribution is -3.00. The van der Waals surface area contributed by atoms with Crippen LogP contribution < -0.4 is 21.5 Å². The minimum Gasteiger partial charge on any atom is -1.00 e. The fourth-order valence-electron chi connectivity index (χ4n) is 2.62. The van der Waals surface area contributed by atoms with Gasteiger partial charge in [0.05, 0.1) is 0 Å². The number of unbranched alkanes of at least 4 members (excludes halogenated alkanes) is 9. The fourth-order valence-corrected chi connectivity index (χ4v) is 2.62. The summed E-state index contributed by atoms with van der Waals surface area (Å²) in [6.07, 6.45) is 17.7. The van der Waals surface area contributed by atoms with Crippen molar-refractivity contribution in [3.8, 4) is 0 Å². The van der Waals surface area contributed by atoms with Crippen LogP contribution in [0.2, 0.25) is 0 Å². The zero-order valence-electron chi connectivity index (χ0n) is 14.3. The number of aromatic nitrogens is 1. The first-order valence-corrected chi connectivity index (χ1v) is 8.74. The number of ketones is 1. The first-order chi connectivity index (χ1) is 10.2. The Morgan fingerprint density at radius 2 is 1.32 bits per heavy atom. The SMILES string of the molecule is CCCCCCCCCCCC[n+]1ccc(C(C)=O)cc1.[Br-]. The number of nitrogens with zero attached hydrogens (tertiary/aromatic N) is 1. The highest BCUT2D eigenvalue weighted by Gasteiger charge is 2.03. The average molecular weight is 370 g/mol. The fraction of sp³-hybridized carbons (Fsp3) is 0.684. The van der Waals surface area contributed by atoms with Crippen molar-refractivity contribution in [2.45, 2.75) is 84.6 Å². The lowest BCUT2D eigenvalue weighted by atomic mass is 10.1. The summed E-state index contributed by atoms with van der Waals surface area (Å²) in [6, 6.07) is 3.83. The van der Waals surface area contributed by atoms with Gasteiger partial charge in [-0.2, -0.15) is 0 Å². The van der Waals surface area contributed by atoms with E-state index < -0.39 is 0 Å². The Bertz CT molecular complexity index is 389. The van der Waals surface area contributed by atoms with Crippen molar-refractivity contribution >= 4 is 5.78 Å². The first kappa shape index (κ1) is 21.3. The van der Waals surface area contributed by atoms with E-state index in [-0.39, 0.29) is 22.8 Å².